The summed E-state index contributed by atoms with van der Waals surface area (Å²) in [6, 6.07) is 0. The second-order valence-corrected chi connectivity index (χ2v) is 8.09. The SMILES string of the molecule is CNCCSCC=C(C)C(C)(C)CCCC=C(C)C(C)C. The van der Waals surface area contributed by atoms with E-state index < -0.39 is 0 Å². The summed E-state index contributed by atoms with van der Waals surface area (Å²) in [6.07, 6.45) is 8.63. The fraction of sp³-hybridized carbons (Fsp3) is 0.789. The molecular weight excluding hydrogens is 274 g/mol. The van der Waals surface area contributed by atoms with Crippen LogP contribution >= 0.6 is 11.8 Å². The van der Waals surface area contributed by atoms with Crippen molar-refractivity contribution in [2.75, 3.05) is 25.1 Å². The molecular formula is C19H37NS. The third kappa shape index (κ3) is 10.2. The van der Waals surface area contributed by atoms with Gasteiger partial charge >= 0.3 is 0 Å². The van der Waals surface area contributed by atoms with E-state index in [2.05, 4.69) is 59.0 Å². The van der Waals surface area contributed by atoms with Crippen LogP contribution in [0.5, 0.6) is 0 Å². The first-order chi connectivity index (χ1) is 9.81. The molecule has 0 aromatic heterocycles. The number of allylic oxidation sites excluding steroid dienone is 3. The van der Waals surface area contributed by atoms with Gasteiger partial charge in [0.15, 0.2) is 0 Å². The Bertz CT molecular complexity index is 326. The molecule has 0 aliphatic carbocycles. The Morgan fingerprint density at radius 3 is 2.43 bits per heavy atom. The summed E-state index contributed by atoms with van der Waals surface area (Å²) < 4.78 is 0. The van der Waals surface area contributed by atoms with Gasteiger partial charge in [0.05, 0.1) is 0 Å². The van der Waals surface area contributed by atoms with Crippen molar-refractivity contribution in [3.63, 3.8) is 0 Å². The molecule has 124 valence electrons. The molecule has 0 aliphatic rings. The Labute approximate surface area is 138 Å². The maximum Gasteiger partial charge on any atom is 0.0116 e. The number of nitrogens with one attached hydrogen (secondary N) is 1. The first-order valence-electron chi connectivity index (χ1n) is 8.37. The fourth-order valence-corrected chi connectivity index (χ4v) is 2.91. The second-order valence-electron chi connectivity index (χ2n) is 6.94. The molecule has 21 heavy (non-hydrogen) atoms. The van der Waals surface area contributed by atoms with E-state index in [4.69, 9.17) is 0 Å². The Morgan fingerprint density at radius 2 is 1.86 bits per heavy atom. The number of rotatable bonds is 11. The summed E-state index contributed by atoms with van der Waals surface area (Å²) in [5, 5.41) is 3.19. The van der Waals surface area contributed by atoms with Gasteiger partial charge in [-0.2, -0.15) is 11.8 Å². The Morgan fingerprint density at radius 1 is 1.19 bits per heavy atom. The van der Waals surface area contributed by atoms with Gasteiger partial charge < -0.3 is 5.32 Å². The van der Waals surface area contributed by atoms with Gasteiger partial charge in [-0.3, -0.25) is 0 Å². The van der Waals surface area contributed by atoms with Crippen molar-refractivity contribution in [3.05, 3.63) is 23.3 Å². The molecule has 0 heterocycles. The Balaban J connectivity index is 4.10. The van der Waals surface area contributed by atoms with Gasteiger partial charge in [-0.15, -0.1) is 0 Å². The van der Waals surface area contributed by atoms with Gasteiger partial charge in [-0.25, -0.2) is 0 Å². The van der Waals surface area contributed by atoms with Crippen molar-refractivity contribution < 1.29 is 0 Å². The van der Waals surface area contributed by atoms with E-state index >= 15 is 0 Å². The highest BCUT2D eigenvalue weighted by Gasteiger charge is 2.18. The van der Waals surface area contributed by atoms with E-state index in [-0.39, 0.29) is 0 Å². The summed E-state index contributed by atoms with van der Waals surface area (Å²) in [5.74, 6) is 3.03. The quantitative estimate of drug-likeness (QED) is 0.389. The molecule has 0 saturated carbocycles. The topological polar surface area (TPSA) is 12.0 Å². The number of thioether (sulfide) groups is 1. The lowest BCUT2D eigenvalue weighted by Gasteiger charge is -2.26. The fourth-order valence-electron chi connectivity index (χ4n) is 2.02. The smallest absolute Gasteiger partial charge is 0.0116 e. The van der Waals surface area contributed by atoms with Crippen molar-refractivity contribution >= 4 is 11.8 Å². The van der Waals surface area contributed by atoms with Gasteiger partial charge in [-0.1, -0.05) is 51.0 Å². The summed E-state index contributed by atoms with van der Waals surface area (Å²) >= 11 is 2.01. The normalized spacial score (nSPS) is 14.1. The van der Waals surface area contributed by atoms with Crippen LogP contribution < -0.4 is 5.32 Å². The van der Waals surface area contributed by atoms with Gasteiger partial charge in [0.2, 0.25) is 0 Å². The molecule has 0 unspecified atom stereocenters. The zero-order valence-electron chi connectivity index (χ0n) is 15.4. The molecule has 0 amide bonds. The third-order valence-corrected chi connectivity index (χ3v) is 5.35. The molecule has 0 saturated heterocycles. The molecule has 0 bridgehead atoms. The van der Waals surface area contributed by atoms with Gasteiger partial charge in [0.1, 0.15) is 0 Å². The van der Waals surface area contributed by atoms with Crippen molar-refractivity contribution in [2.45, 2.75) is 60.8 Å². The lowest BCUT2D eigenvalue weighted by atomic mass is 9.80. The highest BCUT2D eigenvalue weighted by molar-refractivity contribution is 7.99. The van der Waals surface area contributed by atoms with Crippen LogP contribution in [0.2, 0.25) is 0 Å². The van der Waals surface area contributed by atoms with Crippen molar-refractivity contribution in [1.82, 2.24) is 5.32 Å². The predicted molar refractivity (Wildman–Crippen MR) is 101 cm³/mol. The molecule has 0 atom stereocenters. The average molecular weight is 312 g/mol. The largest absolute Gasteiger partial charge is 0.319 e. The molecule has 0 spiro atoms. The van der Waals surface area contributed by atoms with E-state index in [9.17, 15) is 0 Å². The standard InChI is InChI=1S/C19H37NS/c1-16(2)17(3)10-8-9-12-19(5,6)18(4)11-14-21-15-13-20-7/h10-11,16,20H,8-9,12-15H2,1-7H3. The van der Waals surface area contributed by atoms with Gasteiger partial charge in [0, 0.05) is 18.1 Å². The molecule has 0 radical (unpaired) electrons. The first-order valence-corrected chi connectivity index (χ1v) is 9.53. The van der Waals surface area contributed by atoms with Crippen molar-refractivity contribution in [1.29, 1.82) is 0 Å². The zero-order valence-corrected chi connectivity index (χ0v) is 16.2. The van der Waals surface area contributed by atoms with Crippen LogP contribution in [0.3, 0.4) is 0 Å². The molecule has 0 aliphatic heterocycles. The number of unbranched alkanes of at least 4 members (excludes halogenated alkanes) is 1. The van der Waals surface area contributed by atoms with E-state index in [1.54, 1.807) is 5.57 Å². The maximum absolute atomic E-state index is 3.19. The third-order valence-electron chi connectivity index (χ3n) is 4.45. The second kappa shape index (κ2) is 11.4. The highest BCUT2D eigenvalue weighted by Crippen LogP contribution is 2.32. The van der Waals surface area contributed by atoms with Crippen molar-refractivity contribution in [3.8, 4) is 0 Å². The van der Waals surface area contributed by atoms with Gasteiger partial charge in [0.25, 0.3) is 0 Å². The average Bonchev–Trinajstić information content (AvgIpc) is 2.42. The molecule has 0 rings (SSSR count). The number of hydrogen-bond acceptors (Lipinski definition) is 2. The van der Waals surface area contributed by atoms with Crippen LogP contribution in [-0.4, -0.2) is 25.1 Å². The summed E-state index contributed by atoms with van der Waals surface area (Å²) in [5.41, 5.74) is 3.41. The van der Waals surface area contributed by atoms with Gasteiger partial charge in [-0.05, 0) is 51.5 Å². The minimum Gasteiger partial charge on any atom is -0.319 e. The molecule has 1 N–H and O–H groups in total. The Kier molecular flexibility index (Phi) is 11.3. The highest BCUT2D eigenvalue weighted by atomic mass is 32.2. The van der Waals surface area contributed by atoms with Crippen LogP contribution in [0.4, 0.5) is 0 Å². The van der Waals surface area contributed by atoms with E-state index in [1.165, 1.54) is 30.6 Å². The maximum atomic E-state index is 3.19. The molecule has 0 aromatic carbocycles. The molecule has 1 nitrogen and oxygen atoms in total. The summed E-state index contributed by atoms with van der Waals surface area (Å²) in [4.78, 5) is 0. The number of hydrogen-bond donors (Lipinski definition) is 1. The van der Waals surface area contributed by atoms with E-state index in [0.29, 0.717) is 11.3 Å². The lowest BCUT2D eigenvalue weighted by molar-refractivity contribution is 0.395. The van der Waals surface area contributed by atoms with Crippen molar-refractivity contribution in [2.24, 2.45) is 11.3 Å². The summed E-state index contributed by atoms with van der Waals surface area (Å²) in [6.45, 7) is 15.0. The monoisotopic (exact) mass is 311 g/mol. The zero-order chi connectivity index (χ0) is 16.3. The first kappa shape index (κ1) is 20.8. The molecule has 0 aromatic rings. The minimum absolute atomic E-state index is 0.336. The lowest BCUT2D eigenvalue weighted by Crippen LogP contribution is -2.13. The van der Waals surface area contributed by atoms with Crippen LogP contribution in [0.15, 0.2) is 23.3 Å². The predicted octanol–water partition coefficient (Wildman–Crippen LogP) is 5.68. The van der Waals surface area contributed by atoms with Crippen LogP contribution in [0, 0.1) is 11.3 Å². The van der Waals surface area contributed by atoms with E-state index in [1.807, 2.05) is 18.8 Å². The molecule has 2 heteroatoms. The van der Waals surface area contributed by atoms with Crippen LogP contribution in [0.1, 0.15) is 60.8 Å². The summed E-state index contributed by atoms with van der Waals surface area (Å²) in [7, 11) is 2.01. The van der Waals surface area contributed by atoms with Crippen LogP contribution in [-0.2, 0) is 0 Å². The minimum atomic E-state index is 0.336. The van der Waals surface area contributed by atoms with Crippen LogP contribution in [0.25, 0.3) is 0 Å². The molecule has 0 fully saturated rings. The van der Waals surface area contributed by atoms with E-state index in [0.717, 1.165) is 12.3 Å². The Hall–Kier alpha value is -0.210.